The van der Waals surface area contributed by atoms with Gasteiger partial charge < -0.3 is 10.5 Å². The van der Waals surface area contributed by atoms with E-state index in [4.69, 9.17) is 10.5 Å². The standard InChI is InChI=1S/C37H66N2O2S/c1-3-5-7-9-11-12-13-14-15-16-17-18-20-22-31-41-37(40)30-33-42-32-23-25-36(38)39-35-28-26-34(27-29-35)24-21-19-10-8-6-4-2/h26-29H,3-25,30-33H2,1-2H3,(H2,38,39). The third-order valence-electron chi connectivity index (χ3n) is 7.96. The van der Waals surface area contributed by atoms with Gasteiger partial charge >= 0.3 is 5.97 Å². The molecule has 1 aromatic rings. The number of esters is 1. The van der Waals surface area contributed by atoms with Crippen LogP contribution in [-0.2, 0) is 16.0 Å². The predicted molar refractivity (Wildman–Crippen MR) is 187 cm³/mol. The molecule has 1 aromatic carbocycles. The van der Waals surface area contributed by atoms with Crippen LogP contribution in [0.4, 0.5) is 5.69 Å². The zero-order valence-electron chi connectivity index (χ0n) is 27.7. The van der Waals surface area contributed by atoms with Crippen LogP contribution in [0.3, 0.4) is 0 Å². The number of nitrogens with two attached hydrogens (primary N) is 1. The molecule has 0 spiro atoms. The molecule has 0 saturated heterocycles. The van der Waals surface area contributed by atoms with Gasteiger partial charge in [-0.05, 0) is 49.1 Å². The van der Waals surface area contributed by atoms with Gasteiger partial charge in [0.05, 0.1) is 24.6 Å². The minimum absolute atomic E-state index is 0.0572. The Hall–Kier alpha value is -1.49. The van der Waals surface area contributed by atoms with Crippen molar-refractivity contribution in [2.75, 3.05) is 18.1 Å². The smallest absolute Gasteiger partial charge is 0.306 e. The summed E-state index contributed by atoms with van der Waals surface area (Å²) in [7, 11) is 0. The van der Waals surface area contributed by atoms with Gasteiger partial charge in [0, 0.05) is 12.2 Å². The number of hydrogen-bond acceptors (Lipinski definition) is 4. The van der Waals surface area contributed by atoms with Gasteiger partial charge in [0.2, 0.25) is 0 Å². The Bertz CT molecular complexity index is 766. The van der Waals surface area contributed by atoms with Gasteiger partial charge in [-0.3, -0.25) is 4.79 Å². The van der Waals surface area contributed by atoms with Crippen molar-refractivity contribution in [3.63, 3.8) is 0 Å². The normalized spacial score (nSPS) is 11.7. The van der Waals surface area contributed by atoms with Crippen LogP contribution in [0, 0.1) is 0 Å². The number of ether oxygens (including phenoxy) is 1. The summed E-state index contributed by atoms with van der Waals surface area (Å²) in [5.74, 6) is 2.43. The Morgan fingerprint density at radius 1 is 0.643 bits per heavy atom. The number of carbonyl (C=O) groups excluding carboxylic acids is 1. The Labute approximate surface area is 264 Å². The molecule has 42 heavy (non-hydrogen) atoms. The van der Waals surface area contributed by atoms with E-state index in [2.05, 4.69) is 43.1 Å². The fraction of sp³-hybridized carbons (Fsp3) is 0.784. The summed E-state index contributed by atoms with van der Waals surface area (Å²) in [6.45, 7) is 5.12. The zero-order valence-corrected chi connectivity index (χ0v) is 28.5. The van der Waals surface area contributed by atoms with Gasteiger partial charge in [0.1, 0.15) is 0 Å². The fourth-order valence-electron chi connectivity index (χ4n) is 5.24. The minimum atomic E-state index is -0.0572. The van der Waals surface area contributed by atoms with Crippen LogP contribution >= 0.6 is 11.8 Å². The molecule has 0 bridgehead atoms. The van der Waals surface area contributed by atoms with Crippen molar-refractivity contribution in [3.8, 4) is 0 Å². The highest BCUT2D eigenvalue weighted by Gasteiger charge is 2.04. The number of thioether (sulfide) groups is 1. The lowest BCUT2D eigenvalue weighted by Crippen LogP contribution is -2.11. The summed E-state index contributed by atoms with van der Waals surface area (Å²) < 4.78 is 5.42. The van der Waals surface area contributed by atoms with Crippen LogP contribution in [0.1, 0.15) is 167 Å². The first-order chi connectivity index (χ1) is 20.7. The van der Waals surface area contributed by atoms with Crippen LogP contribution in [0.25, 0.3) is 0 Å². The van der Waals surface area contributed by atoms with E-state index in [1.54, 1.807) is 11.8 Å². The summed E-state index contributed by atoms with van der Waals surface area (Å²) in [6.07, 6.45) is 30.2. The number of rotatable bonds is 30. The first-order valence-electron chi connectivity index (χ1n) is 17.8. The van der Waals surface area contributed by atoms with E-state index in [-0.39, 0.29) is 5.97 Å². The SMILES string of the molecule is CCCCCCCCCCCCCCCCOC(=O)CCSCCCC(N)=Nc1ccc(CCCCCCCC)cc1. The molecule has 0 aliphatic carbocycles. The third kappa shape index (κ3) is 25.0. The number of amidine groups is 1. The number of aliphatic imine (C=N–C) groups is 1. The van der Waals surface area contributed by atoms with Gasteiger partial charge in [-0.1, -0.05) is 142 Å². The van der Waals surface area contributed by atoms with E-state index in [1.807, 2.05) is 0 Å². The molecule has 0 heterocycles. The Kier molecular flexibility index (Phi) is 27.1. The van der Waals surface area contributed by atoms with E-state index < -0.39 is 0 Å². The third-order valence-corrected chi connectivity index (χ3v) is 9.03. The number of unbranched alkanes of at least 4 members (excludes halogenated alkanes) is 18. The number of benzene rings is 1. The molecule has 1 rings (SSSR count). The van der Waals surface area contributed by atoms with Gasteiger partial charge in [0.25, 0.3) is 0 Å². The van der Waals surface area contributed by atoms with Crippen LogP contribution in [0.2, 0.25) is 0 Å². The topological polar surface area (TPSA) is 64.7 Å². The highest BCUT2D eigenvalue weighted by atomic mass is 32.2. The van der Waals surface area contributed by atoms with E-state index in [9.17, 15) is 4.79 Å². The predicted octanol–water partition coefficient (Wildman–Crippen LogP) is 11.5. The summed E-state index contributed by atoms with van der Waals surface area (Å²) in [4.78, 5) is 16.6. The zero-order chi connectivity index (χ0) is 30.4. The maximum atomic E-state index is 12.0. The van der Waals surface area contributed by atoms with E-state index in [0.717, 1.165) is 42.9 Å². The van der Waals surface area contributed by atoms with Crippen LogP contribution in [-0.4, -0.2) is 29.9 Å². The second-order valence-electron chi connectivity index (χ2n) is 12.1. The van der Waals surface area contributed by atoms with Crippen molar-refractivity contribution >= 4 is 29.3 Å². The molecular weight excluding hydrogens is 536 g/mol. The molecule has 0 aliphatic heterocycles. The summed E-state index contributed by atoms with van der Waals surface area (Å²) in [5.41, 5.74) is 8.48. The van der Waals surface area contributed by atoms with E-state index >= 15 is 0 Å². The summed E-state index contributed by atoms with van der Waals surface area (Å²) in [5, 5.41) is 0. The quantitative estimate of drug-likeness (QED) is 0.0412. The lowest BCUT2D eigenvalue weighted by Gasteiger charge is -2.06. The molecule has 2 N–H and O–H groups in total. The second kappa shape index (κ2) is 29.6. The molecule has 5 heteroatoms. The highest BCUT2D eigenvalue weighted by molar-refractivity contribution is 7.99. The molecular formula is C37H66N2O2S. The number of hydrogen-bond donors (Lipinski definition) is 1. The molecule has 0 fully saturated rings. The molecule has 0 unspecified atom stereocenters. The second-order valence-corrected chi connectivity index (χ2v) is 13.3. The lowest BCUT2D eigenvalue weighted by atomic mass is 10.0. The molecule has 242 valence electrons. The van der Waals surface area contributed by atoms with Crippen molar-refractivity contribution in [2.45, 2.75) is 168 Å². The average molecular weight is 603 g/mol. The van der Waals surface area contributed by atoms with Gasteiger partial charge in [-0.25, -0.2) is 4.99 Å². The summed E-state index contributed by atoms with van der Waals surface area (Å²) >= 11 is 1.80. The molecule has 0 radical (unpaired) electrons. The molecule has 4 nitrogen and oxygen atoms in total. The highest BCUT2D eigenvalue weighted by Crippen LogP contribution is 2.17. The van der Waals surface area contributed by atoms with Crippen molar-refractivity contribution in [2.24, 2.45) is 10.7 Å². The number of nitrogens with zero attached hydrogens (tertiary/aromatic N) is 1. The Morgan fingerprint density at radius 2 is 1.14 bits per heavy atom. The van der Waals surface area contributed by atoms with Crippen LogP contribution in [0.15, 0.2) is 29.3 Å². The van der Waals surface area contributed by atoms with Crippen LogP contribution < -0.4 is 5.73 Å². The molecule has 0 saturated carbocycles. The van der Waals surface area contributed by atoms with Gasteiger partial charge in [-0.15, -0.1) is 0 Å². The maximum Gasteiger partial charge on any atom is 0.306 e. The molecule has 0 atom stereocenters. The number of aryl methyl sites for hydroxylation is 1. The van der Waals surface area contributed by atoms with E-state index in [1.165, 1.54) is 128 Å². The van der Waals surface area contributed by atoms with Crippen molar-refractivity contribution in [3.05, 3.63) is 29.8 Å². The van der Waals surface area contributed by atoms with Crippen molar-refractivity contribution < 1.29 is 9.53 Å². The molecule has 0 aliphatic rings. The Morgan fingerprint density at radius 3 is 1.69 bits per heavy atom. The molecule has 0 amide bonds. The Balaban J connectivity index is 1.91. The first-order valence-corrected chi connectivity index (χ1v) is 19.0. The monoisotopic (exact) mass is 602 g/mol. The average Bonchev–Trinajstić information content (AvgIpc) is 2.99. The number of carbonyl (C=O) groups is 1. The van der Waals surface area contributed by atoms with Gasteiger partial charge in [0.15, 0.2) is 0 Å². The van der Waals surface area contributed by atoms with E-state index in [0.29, 0.717) is 18.9 Å². The van der Waals surface area contributed by atoms with Crippen molar-refractivity contribution in [1.82, 2.24) is 0 Å². The fourth-order valence-corrected chi connectivity index (χ4v) is 6.10. The summed E-state index contributed by atoms with van der Waals surface area (Å²) in [6, 6.07) is 8.54. The van der Waals surface area contributed by atoms with Gasteiger partial charge in [-0.2, -0.15) is 11.8 Å². The minimum Gasteiger partial charge on any atom is -0.466 e. The maximum absolute atomic E-state index is 12.0. The van der Waals surface area contributed by atoms with Crippen LogP contribution in [0.5, 0.6) is 0 Å². The first kappa shape index (κ1) is 38.5. The lowest BCUT2D eigenvalue weighted by molar-refractivity contribution is -0.143. The van der Waals surface area contributed by atoms with Crippen molar-refractivity contribution in [1.29, 1.82) is 0 Å². The largest absolute Gasteiger partial charge is 0.466 e. The molecule has 0 aromatic heterocycles.